The molecule has 3 rings (SSSR count). The Balaban J connectivity index is 1.65. The molecule has 28 heavy (non-hydrogen) atoms. The zero-order valence-corrected chi connectivity index (χ0v) is 16.7. The van der Waals surface area contributed by atoms with Crippen LogP contribution in [0.2, 0.25) is 0 Å². The molecule has 148 valence electrons. The van der Waals surface area contributed by atoms with Gasteiger partial charge in [-0.25, -0.2) is 9.78 Å². The molecule has 0 bridgehead atoms. The quantitative estimate of drug-likeness (QED) is 0.768. The summed E-state index contributed by atoms with van der Waals surface area (Å²) in [7, 11) is 0. The van der Waals surface area contributed by atoms with Gasteiger partial charge in [-0.15, -0.1) is 0 Å². The number of amides is 1. The van der Waals surface area contributed by atoms with Crippen molar-refractivity contribution in [2.45, 2.75) is 39.5 Å². The maximum absolute atomic E-state index is 12.6. The van der Waals surface area contributed by atoms with Crippen molar-refractivity contribution in [3.63, 3.8) is 0 Å². The normalized spacial score (nSPS) is 13.6. The van der Waals surface area contributed by atoms with Crippen LogP contribution in [0.25, 0.3) is 0 Å². The second-order valence-electron chi connectivity index (χ2n) is 7.39. The Morgan fingerprint density at radius 1 is 1.18 bits per heavy atom. The van der Waals surface area contributed by atoms with Crippen LogP contribution >= 0.6 is 0 Å². The number of rotatable bonds is 6. The molecule has 1 aromatic heterocycles. The number of para-hydroxylation sites is 1. The minimum Gasteiger partial charge on any atom is -0.452 e. The number of aryl methyl sites for hydroxylation is 1. The Morgan fingerprint density at radius 2 is 1.93 bits per heavy atom. The Morgan fingerprint density at radius 3 is 2.64 bits per heavy atom. The number of carbonyl (C=O) groups is 2. The van der Waals surface area contributed by atoms with Crippen molar-refractivity contribution < 1.29 is 14.3 Å². The molecule has 0 spiro atoms. The van der Waals surface area contributed by atoms with Gasteiger partial charge in [0.05, 0.1) is 0 Å². The lowest BCUT2D eigenvalue weighted by molar-refractivity contribution is -0.119. The highest BCUT2D eigenvalue weighted by Crippen LogP contribution is 2.27. The van der Waals surface area contributed by atoms with Crippen molar-refractivity contribution in [2.24, 2.45) is 0 Å². The molecule has 1 N–H and O–H groups in total. The number of ether oxygens (including phenoxy) is 1. The first kappa shape index (κ1) is 19.9. The van der Waals surface area contributed by atoms with Crippen LogP contribution in [0.4, 0.5) is 11.5 Å². The van der Waals surface area contributed by atoms with Gasteiger partial charge in [-0.2, -0.15) is 0 Å². The number of aromatic nitrogens is 1. The molecule has 1 aromatic carbocycles. The van der Waals surface area contributed by atoms with Gasteiger partial charge in [0.1, 0.15) is 11.4 Å². The third-order valence-corrected chi connectivity index (χ3v) is 4.94. The van der Waals surface area contributed by atoms with Crippen molar-refractivity contribution >= 4 is 23.4 Å². The predicted octanol–water partition coefficient (Wildman–Crippen LogP) is 3.91. The van der Waals surface area contributed by atoms with E-state index < -0.39 is 5.97 Å². The van der Waals surface area contributed by atoms with E-state index in [9.17, 15) is 9.59 Å². The van der Waals surface area contributed by atoms with E-state index in [-0.39, 0.29) is 18.4 Å². The molecule has 6 heteroatoms. The summed E-state index contributed by atoms with van der Waals surface area (Å²) in [6.07, 6.45) is 3.84. The topological polar surface area (TPSA) is 71.5 Å². The van der Waals surface area contributed by atoms with Crippen LogP contribution in [0, 0.1) is 6.92 Å². The van der Waals surface area contributed by atoms with Crippen LogP contribution < -0.4 is 10.2 Å². The van der Waals surface area contributed by atoms with Gasteiger partial charge in [-0.3, -0.25) is 4.79 Å². The summed E-state index contributed by atoms with van der Waals surface area (Å²) in [5.74, 6) is 0.0257. The van der Waals surface area contributed by atoms with Crippen molar-refractivity contribution in [1.29, 1.82) is 0 Å². The third kappa shape index (κ3) is 4.50. The monoisotopic (exact) mass is 381 g/mol. The lowest BCUT2D eigenvalue weighted by Crippen LogP contribution is -2.25. The molecule has 1 saturated heterocycles. The first-order valence-electron chi connectivity index (χ1n) is 9.74. The summed E-state index contributed by atoms with van der Waals surface area (Å²) >= 11 is 0. The van der Waals surface area contributed by atoms with Crippen molar-refractivity contribution in [1.82, 2.24) is 4.98 Å². The van der Waals surface area contributed by atoms with E-state index in [1.807, 2.05) is 25.1 Å². The number of pyridine rings is 1. The molecule has 1 aliphatic heterocycles. The average Bonchev–Trinajstić information content (AvgIpc) is 3.22. The molecule has 1 amide bonds. The fraction of sp³-hybridized carbons (Fsp3) is 0.409. The van der Waals surface area contributed by atoms with E-state index in [1.54, 1.807) is 18.3 Å². The van der Waals surface area contributed by atoms with Crippen molar-refractivity contribution in [2.75, 3.05) is 29.9 Å². The lowest BCUT2D eigenvalue weighted by Gasteiger charge is -2.19. The molecule has 0 atom stereocenters. The van der Waals surface area contributed by atoms with E-state index in [0.717, 1.165) is 42.7 Å². The molecule has 1 fully saturated rings. The van der Waals surface area contributed by atoms with Gasteiger partial charge < -0.3 is 15.0 Å². The highest BCUT2D eigenvalue weighted by Gasteiger charge is 2.22. The maximum Gasteiger partial charge on any atom is 0.342 e. The number of carbonyl (C=O) groups excluding carboxylic acids is 2. The number of hydrogen-bond acceptors (Lipinski definition) is 5. The van der Waals surface area contributed by atoms with Gasteiger partial charge >= 0.3 is 5.97 Å². The Hall–Kier alpha value is -2.89. The average molecular weight is 381 g/mol. The molecule has 2 aromatic rings. The first-order valence-corrected chi connectivity index (χ1v) is 9.74. The minimum absolute atomic E-state index is 0.274. The van der Waals surface area contributed by atoms with Gasteiger partial charge in [0.25, 0.3) is 5.91 Å². The lowest BCUT2D eigenvalue weighted by atomic mass is 9.98. The Labute approximate surface area is 165 Å². The summed E-state index contributed by atoms with van der Waals surface area (Å²) in [6.45, 7) is 7.52. The highest BCUT2D eigenvalue weighted by atomic mass is 16.5. The molecule has 0 radical (unpaired) electrons. The smallest absolute Gasteiger partial charge is 0.342 e. The standard InChI is InChI=1S/C22H27N3O3/c1-15(2)17-9-6-8-16(3)20(17)24-19(26)14-28-22(27)18-10-7-11-23-21(18)25-12-4-5-13-25/h6-11,15H,4-5,12-14H2,1-3H3,(H,24,26). The molecule has 2 heterocycles. The second-order valence-corrected chi connectivity index (χ2v) is 7.39. The van der Waals surface area contributed by atoms with Crippen LogP contribution in [0.5, 0.6) is 0 Å². The minimum atomic E-state index is -0.529. The van der Waals surface area contributed by atoms with E-state index >= 15 is 0 Å². The van der Waals surface area contributed by atoms with Crippen LogP contribution in [0.15, 0.2) is 36.5 Å². The summed E-state index contributed by atoms with van der Waals surface area (Å²) in [5.41, 5.74) is 3.23. The second kappa shape index (κ2) is 8.87. The van der Waals surface area contributed by atoms with Crippen molar-refractivity contribution in [3.05, 3.63) is 53.2 Å². The van der Waals surface area contributed by atoms with E-state index in [4.69, 9.17) is 4.74 Å². The first-order chi connectivity index (χ1) is 13.5. The van der Waals surface area contributed by atoms with Gasteiger partial charge in [0.15, 0.2) is 6.61 Å². The summed E-state index contributed by atoms with van der Waals surface area (Å²) in [6, 6.07) is 9.32. The Kier molecular flexibility index (Phi) is 6.29. The van der Waals surface area contributed by atoms with Crippen molar-refractivity contribution in [3.8, 4) is 0 Å². The third-order valence-electron chi connectivity index (χ3n) is 4.94. The SMILES string of the molecule is Cc1cccc(C(C)C)c1NC(=O)COC(=O)c1cccnc1N1CCCC1. The largest absolute Gasteiger partial charge is 0.452 e. The summed E-state index contributed by atoms with van der Waals surface area (Å²) in [4.78, 5) is 31.4. The molecule has 0 aliphatic carbocycles. The molecule has 0 unspecified atom stereocenters. The molecule has 1 aliphatic rings. The fourth-order valence-electron chi connectivity index (χ4n) is 3.46. The van der Waals surface area contributed by atoms with Crippen LogP contribution in [-0.4, -0.2) is 36.6 Å². The van der Waals surface area contributed by atoms with E-state index in [0.29, 0.717) is 11.4 Å². The summed E-state index contributed by atoms with van der Waals surface area (Å²) < 4.78 is 5.28. The zero-order valence-electron chi connectivity index (χ0n) is 16.7. The van der Waals surface area contributed by atoms with E-state index in [1.165, 1.54) is 0 Å². The number of hydrogen-bond donors (Lipinski definition) is 1. The summed E-state index contributed by atoms with van der Waals surface area (Å²) in [5, 5.41) is 2.89. The van der Waals surface area contributed by atoms with Crippen LogP contribution in [-0.2, 0) is 9.53 Å². The number of nitrogens with zero attached hydrogens (tertiary/aromatic N) is 2. The highest BCUT2D eigenvalue weighted by molar-refractivity contribution is 5.98. The van der Waals surface area contributed by atoms with Gasteiger partial charge in [0.2, 0.25) is 0 Å². The molecule has 0 saturated carbocycles. The number of esters is 1. The molecule has 6 nitrogen and oxygen atoms in total. The number of nitrogens with one attached hydrogen (secondary N) is 1. The zero-order chi connectivity index (χ0) is 20.1. The maximum atomic E-state index is 12.6. The van der Waals surface area contributed by atoms with Gasteiger partial charge in [-0.05, 0) is 48.9 Å². The van der Waals surface area contributed by atoms with Gasteiger partial charge in [-0.1, -0.05) is 32.0 Å². The predicted molar refractivity (Wildman–Crippen MR) is 110 cm³/mol. The fourth-order valence-corrected chi connectivity index (χ4v) is 3.46. The van der Waals surface area contributed by atoms with Crippen LogP contribution in [0.1, 0.15) is 54.1 Å². The number of anilines is 2. The van der Waals surface area contributed by atoms with Gasteiger partial charge in [0, 0.05) is 25.0 Å². The molecular weight excluding hydrogens is 354 g/mol. The molecular formula is C22H27N3O3. The van der Waals surface area contributed by atoms with Crippen LogP contribution in [0.3, 0.4) is 0 Å². The van der Waals surface area contributed by atoms with E-state index in [2.05, 4.69) is 29.0 Å². The number of benzene rings is 1. The Bertz CT molecular complexity index is 858.